The molecule has 0 atom stereocenters. The van der Waals surface area contributed by atoms with Gasteiger partial charge in [-0.05, 0) is 0 Å². The maximum absolute atomic E-state index is 11.2. The minimum atomic E-state index is -0.596. The predicted molar refractivity (Wildman–Crippen MR) is 44.6 cm³/mol. The highest BCUT2D eigenvalue weighted by atomic mass is 16.5. The monoisotopic (exact) mass is 196 g/mol. The Balaban J connectivity index is 2.17. The van der Waals surface area contributed by atoms with Crippen molar-refractivity contribution in [3.63, 3.8) is 0 Å². The fraction of sp³-hybridized carbons (Fsp3) is 0.143. The molecule has 0 bridgehead atoms. The Kier molecular flexibility index (Phi) is 1.86. The molecule has 0 radical (unpaired) electrons. The van der Waals surface area contributed by atoms with Gasteiger partial charge in [-0.15, -0.1) is 5.53 Å². The summed E-state index contributed by atoms with van der Waals surface area (Å²) in [5, 5.41) is 5.05. The molecule has 0 spiro atoms. The molecule has 7 nitrogen and oxygen atoms in total. The number of amides is 2. The van der Waals surface area contributed by atoms with Gasteiger partial charge < -0.3 is 10.1 Å². The lowest BCUT2D eigenvalue weighted by Gasteiger charge is -2.21. The van der Waals surface area contributed by atoms with E-state index in [1.165, 1.54) is 30.6 Å². The van der Waals surface area contributed by atoms with Crippen molar-refractivity contribution in [2.45, 2.75) is 0 Å². The lowest BCUT2D eigenvalue weighted by molar-refractivity contribution is -0.128. The van der Waals surface area contributed by atoms with Gasteiger partial charge in [0, 0.05) is 12.3 Å². The van der Waals surface area contributed by atoms with Gasteiger partial charge >= 0.3 is 6.09 Å². The van der Waals surface area contributed by atoms with E-state index in [9.17, 15) is 9.59 Å². The van der Waals surface area contributed by atoms with Gasteiger partial charge in [0.1, 0.15) is 5.82 Å². The van der Waals surface area contributed by atoms with Crippen molar-refractivity contribution in [1.82, 2.24) is 20.9 Å². The number of hydrogen-bond donors (Lipinski definition) is 2. The maximum atomic E-state index is 11.2. The lowest BCUT2D eigenvalue weighted by atomic mass is 10.4. The van der Waals surface area contributed by atoms with E-state index in [4.69, 9.17) is 0 Å². The first kappa shape index (κ1) is 8.57. The molecule has 0 aromatic heterocycles. The average Bonchev–Trinajstić information content (AvgIpc) is 2.62. The average molecular weight is 196 g/mol. The van der Waals surface area contributed by atoms with E-state index in [0.717, 1.165) is 5.01 Å². The number of rotatable bonds is 0. The van der Waals surface area contributed by atoms with Crippen molar-refractivity contribution in [1.29, 1.82) is 0 Å². The van der Waals surface area contributed by atoms with Crippen molar-refractivity contribution in [3.05, 3.63) is 24.3 Å². The van der Waals surface area contributed by atoms with Crippen molar-refractivity contribution in [2.24, 2.45) is 0 Å². The Labute approximate surface area is 79.5 Å². The third-order valence-corrected chi connectivity index (χ3v) is 1.75. The zero-order valence-corrected chi connectivity index (χ0v) is 7.35. The van der Waals surface area contributed by atoms with Crippen LogP contribution in [0, 0.1) is 0 Å². The lowest BCUT2D eigenvalue weighted by Crippen LogP contribution is -2.48. The summed E-state index contributed by atoms with van der Waals surface area (Å²) >= 11 is 0. The molecule has 2 aliphatic rings. The van der Waals surface area contributed by atoms with E-state index in [-0.39, 0.29) is 5.91 Å². The van der Waals surface area contributed by atoms with Crippen molar-refractivity contribution in [3.8, 4) is 0 Å². The van der Waals surface area contributed by atoms with Gasteiger partial charge in [-0.25, -0.2) is 9.80 Å². The van der Waals surface area contributed by atoms with Gasteiger partial charge in [0.25, 0.3) is 5.91 Å². The number of carbonyl (C=O) groups excluding carboxylic acids is 2. The van der Waals surface area contributed by atoms with Gasteiger partial charge in [-0.3, -0.25) is 4.79 Å². The molecule has 7 heteroatoms. The minimum absolute atomic E-state index is 0.263. The van der Waals surface area contributed by atoms with Crippen LogP contribution in [0.1, 0.15) is 0 Å². The third kappa shape index (κ3) is 1.19. The van der Waals surface area contributed by atoms with Crippen LogP contribution in [-0.4, -0.2) is 29.1 Å². The molecule has 0 aliphatic carbocycles. The Morgan fingerprint density at radius 1 is 1.57 bits per heavy atom. The van der Waals surface area contributed by atoms with Crippen LogP contribution in [-0.2, 0) is 9.53 Å². The van der Waals surface area contributed by atoms with Crippen LogP contribution in [0.25, 0.3) is 0 Å². The van der Waals surface area contributed by atoms with Crippen LogP contribution in [0.3, 0.4) is 0 Å². The molecule has 0 aromatic rings. The van der Waals surface area contributed by atoms with Crippen LogP contribution in [0.5, 0.6) is 0 Å². The summed E-state index contributed by atoms with van der Waals surface area (Å²) in [6.45, 7) is 0. The van der Waals surface area contributed by atoms with Crippen LogP contribution >= 0.6 is 0 Å². The highest BCUT2D eigenvalue weighted by molar-refractivity contribution is 5.90. The second kappa shape index (κ2) is 3.04. The van der Waals surface area contributed by atoms with Crippen LogP contribution in [0.15, 0.2) is 24.3 Å². The molecular weight excluding hydrogens is 188 g/mol. The first-order valence-electron chi connectivity index (χ1n) is 3.85. The van der Waals surface area contributed by atoms with E-state index < -0.39 is 6.09 Å². The number of fused-ring (bicyclic) bond motifs is 1. The Morgan fingerprint density at radius 2 is 2.36 bits per heavy atom. The van der Waals surface area contributed by atoms with Gasteiger partial charge in [-0.2, -0.15) is 5.01 Å². The normalized spacial score (nSPS) is 18.9. The summed E-state index contributed by atoms with van der Waals surface area (Å²) < 4.78 is 4.47. The van der Waals surface area contributed by atoms with Crippen LogP contribution in [0.2, 0.25) is 0 Å². The molecule has 0 aromatic carbocycles. The highest BCUT2D eigenvalue weighted by Crippen LogP contribution is 2.12. The number of carbonyl (C=O) groups is 2. The predicted octanol–water partition coefficient (Wildman–Crippen LogP) is -0.768. The largest absolute Gasteiger partial charge is 0.452 e. The second-order valence-corrected chi connectivity index (χ2v) is 2.61. The quantitative estimate of drug-likeness (QED) is 0.532. The molecule has 2 rings (SSSR count). The molecule has 0 fully saturated rings. The van der Waals surface area contributed by atoms with Gasteiger partial charge in [-0.1, -0.05) is 0 Å². The molecule has 14 heavy (non-hydrogen) atoms. The first-order chi connectivity index (χ1) is 6.72. The van der Waals surface area contributed by atoms with Crippen molar-refractivity contribution < 1.29 is 14.3 Å². The summed E-state index contributed by atoms with van der Waals surface area (Å²) in [6, 6.07) is 0. The molecule has 2 N–H and O–H groups in total. The summed E-state index contributed by atoms with van der Waals surface area (Å²) in [5.74, 6) is 0.212. The molecule has 2 heterocycles. The van der Waals surface area contributed by atoms with Gasteiger partial charge in [0.15, 0.2) is 0 Å². The van der Waals surface area contributed by atoms with E-state index >= 15 is 0 Å². The van der Waals surface area contributed by atoms with E-state index in [2.05, 4.69) is 15.6 Å². The topological polar surface area (TPSA) is 73.9 Å². The summed E-state index contributed by atoms with van der Waals surface area (Å²) in [6.07, 6.45) is 3.66. The van der Waals surface area contributed by atoms with E-state index in [1.54, 1.807) is 0 Å². The van der Waals surface area contributed by atoms with Gasteiger partial charge in [0.2, 0.25) is 0 Å². The van der Waals surface area contributed by atoms with E-state index in [1.807, 2.05) is 0 Å². The van der Waals surface area contributed by atoms with Crippen LogP contribution in [0.4, 0.5) is 4.79 Å². The Bertz CT molecular complexity index is 349. The van der Waals surface area contributed by atoms with Gasteiger partial charge in [0.05, 0.1) is 13.3 Å². The number of nitrogens with one attached hydrogen (secondary N) is 2. The molecule has 74 valence electrons. The zero-order valence-electron chi connectivity index (χ0n) is 7.35. The van der Waals surface area contributed by atoms with E-state index in [0.29, 0.717) is 5.82 Å². The van der Waals surface area contributed by atoms with Crippen LogP contribution < -0.4 is 10.9 Å². The summed E-state index contributed by atoms with van der Waals surface area (Å²) in [5.41, 5.74) is 2.53. The zero-order chi connectivity index (χ0) is 10.1. The molecule has 0 unspecified atom stereocenters. The maximum Gasteiger partial charge on any atom is 0.429 e. The molecular formula is C7H8N4O3. The van der Waals surface area contributed by atoms with Crippen molar-refractivity contribution in [2.75, 3.05) is 7.11 Å². The molecule has 2 aliphatic heterocycles. The smallest absolute Gasteiger partial charge is 0.429 e. The number of hydrazine groups is 2. The fourth-order valence-corrected chi connectivity index (χ4v) is 1.11. The standard InChI is InChI=1S/C7H8N4O3/c1-14-7(13)10-4-5-8-3-2-6(12)11(5)9-10/h2-4,8-9H,1H3. The molecule has 0 saturated heterocycles. The fourth-order valence-electron chi connectivity index (χ4n) is 1.11. The summed E-state index contributed by atoms with van der Waals surface area (Å²) in [7, 11) is 1.26. The second-order valence-electron chi connectivity index (χ2n) is 2.61. The van der Waals surface area contributed by atoms with Crippen molar-refractivity contribution >= 4 is 12.0 Å². The number of nitrogens with zero attached hydrogens (tertiary/aromatic N) is 2. The first-order valence-corrected chi connectivity index (χ1v) is 3.85. The Morgan fingerprint density at radius 3 is 3.00 bits per heavy atom. The number of methoxy groups -OCH3 is 1. The number of ether oxygens (including phenoxy) is 1. The SMILES string of the molecule is COC(=O)N1C=C2NC=CC(=O)N2N1. The number of hydrogen-bond acceptors (Lipinski definition) is 5. The Hall–Kier alpha value is -2.02. The summed E-state index contributed by atoms with van der Waals surface area (Å²) in [4.78, 5) is 22.3. The minimum Gasteiger partial charge on any atom is -0.452 e. The highest BCUT2D eigenvalue weighted by Gasteiger charge is 2.30. The molecule has 0 saturated carbocycles. The third-order valence-electron chi connectivity index (χ3n) is 1.75. The molecule has 2 amide bonds.